The van der Waals surface area contributed by atoms with Crippen LogP contribution in [-0.4, -0.2) is 49.8 Å². The molecule has 0 aromatic rings. The van der Waals surface area contributed by atoms with Crippen LogP contribution in [-0.2, 0) is 13.6 Å². The van der Waals surface area contributed by atoms with Crippen molar-refractivity contribution in [2.24, 2.45) is 0 Å². The molecule has 0 aliphatic carbocycles. The van der Waals surface area contributed by atoms with E-state index in [2.05, 4.69) is 6.92 Å². The van der Waals surface area contributed by atoms with Gasteiger partial charge in [0.25, 0.3) is 0 Å². The number of unbranched alkanes of at least 4 members (excludes halogenated alkanes) is 6. The molecule has 0 amide bonds. The van der Waals surface area contributed by atoms with Crippen molar-refractivity contribution in [3.63, 3.8) is 0 Å². The molecule has 1 N–H and O–H groups in total. The largest absolute Gasteiger partial charge is 0.472 e. The minimum atomic E-state index is -3.92. The van der Waals surface area contributed by atoms with Crippen LogP contribution in [0.1, 0.15) is 65.2 Å². The van der Waals surface area contributed by atoms with Crippen LogP contribution in [0, 0.1) is 0 Å². The summed E-state index contributed by atoms with van der Waals surface area (Å²) in [5.41, 5.74) is 0. The van der Waals surface area contributed by atoms with E-state index in [1.54, 1.807) is 0 Å². The van der Waals surface area contributed by atoms with E-state index in [-0.39, 0.29) is 12.7 Å². The third kappa shape index (κ3) is 15.0. The molecule has 0 rings (SSSR count). The molecule has 0 heterocycles. The van der Waals surface area contributed by atoms with E-state index in [9.17, 15) is 9.46 Å². The monoisotopic (exact) mass is 338 g/mol. The Morgan fingerprint density at radius 3 is 2.14 bits per heavy atom. The van der Waals surface area contributed by atoms with Gasteiger partial charge in [0, 0.05) is 0 Å². The molecule has 2 atom stereocenters. The number of likely N-dealkylation sites (N-methyl/N-ethyl adjacent to an activating group) is 1. The number of hydrogen-bond donors (Lipinski definition) is 1. The van der Waals surface area contributed by atoms with Crippen molar-refractivity contribution in [1.29, 1.82) is 0 Å². The van der Waals surface area contributed by atoms with Crippen LogP contribution in [0.5, 0.6) is 0 Å². The quantitative estimate of drug-likeness (QED) is 0.290. The van der Waals surface area contributed by atoms with E-state index in [4.69, 9.17) is 9.05 Å². The summed E-state index contributed by atoms with van der Waals surface area (Å²) in [5.74, 6) is 0. The van der Waals surface area contributed by atoms with E-state index >= 15 is 0 Å². The molecule has 5 nitrogen and oxygen atoms in total. The topological polar surface area (TPSA) is 55.8 Å². The molecule has 0 bridgehead atoms. The fourth-order valence-corrected chi connectivity index (χ4v) is 3.06. The van der Waals surface area contributed by atoms with Gasteiger partial charge in [-0.1, -0.05) is 51.9 Å². The summed E-state index contributed by atoms with van der Waals surface area (Å²) in [6, 6.07) is 0. The van der Waals surface area contributed by atoms with Gasteiger partial charge in [-0.2, -0.15) is 0 Å². The Morgan fingerprint density at radius 1 is 1.05 bits per heavy atom. The normalized spacial score (nSPS) is 16.5. The highest BCUT2D eigenvalue weighted by molar-refractivity contribution is 7.47. The van der Waals surface area contributed by atoms with E-state index in [0.29, 0.717) is 11.0 Å². The zero-order chi connectivity index (χ0) is 17.1. The van der Waals surface area contributed by atoms with Crippen molar-refractivity contribution < 1.29 is 23.0 Å². The lowest BCUT2D eigenvalue weighted by Crippen LogP contribution is -2.37. The molecule has 0 saturated heterocycles. The molecule has 0 radical (unpaired) electrons. The highest BCUT2D eigenvalue weighted by Crippen LogP contribution is 2.45. The minimum Gasteiger partial charge on any atom is -0.329 e. The van der Waals surface area contributed by atoms with Gasteiger partial charge < -0.3 is 9.38 Å². The maximum absolute atomic E-state index is 11.8. The van der Waals surface area contributed by atoms with Crippen LogP contribution in [0.15, 0.2) is 0 Å². The Labute approximate surface area is 137 Å². The molecule has 0 aliphatic rings. The minimum absolute atomic E-state index is 0.224. The highest BCUT2D eigenvalue weighted by atomic mass is 31.2. The SMILES string of the molecule is CCCCCCCCCC(C)OP(=O)(O)OCC[N+](C)(C)C. The average Bonchev–Trinajstić information content (AvgIpc) is 2.35. The molecule has 0 aliphatic heterocycles. The number of hydrogen-bond acceptors (Lipinski definition) is 3. The second-order valence-corrected chi connectivity index (χ2v) is 8.55. The maximum Gasteiger partial charge on any atom is 0.472 e. The summed E-state index contributed by atoms with van der Waals surface area (Å²) in [6.45, 7) is 4.94. The smallest absolute Gasteiger partial charge is 0.329 e. The molecule has 0 aromatic carbocycles. The third-order valence-corrected chi connectivity index (χ3v) is 4.68. The van der Waals surface area contributed by atoms with Gasteiger partial charge >= 0.3 is 7.82 Å². The molecule has 0 saturated carbocycles. The van der Waals surface area contributed by atoms with Crippen molar-refractivity contribution in [3.8, 4) is 0 Å². The lowest BCUT2D eigenvalue weighted by atomic mass is 10.1. The number of quaternary nitrogens is 1. The second-order valence-electron chi connectivity index (χ2n) is 7.14. The summed E-state index contributed by atoms with van der Waals surface area (Å²) in [7, 11) is 2.11. The van der Waals surface area contributed by atoms with Crippen molar-refractivity contribution in [2.75, 3.05) is 34.3 Å². The van der Waals surface area contributed by atoms with E-state index in [1.807, 2.05) is 28.1 Å². The Morgan fingerprint density at radius 2 is 1.59 bits per heavy atom. The van der Waals surface area contributed by atoms with Gasteiger partial charge in [-0.05, 0) is 13.3 Å². The van der Waals surface area contributed by atoms with Crippen LogP contribution in [0.3, 0.4) is 0 Å². The van der Waals surface area contributed by atoms with Crippen molar-refractivity contribution in [3.05, 3.63) is 0 Å². The molecule has 6 heteroatoms. The summed E-state index contributed by atoms with van der Waals surface area (Å²) in [5, 5.41) is 0. The standard InChI is InChI=1S/C16H36NO4P/c1-6-7-8-9-10-11-12-13-16(2)21-22(18,19)20-15-14-17(3,4)5/h16H,6-15H2,1-5H3/p+1. The molecular weight excluding hydrogens is 301 g/mol. The Kier molecular flexibility index (Phi) is 11.6. The summed E-state index contributed by atoms with van der Waals surface area (Å²) in [4.78, 5) is 9.69. The molecule has 22 heavy (non-hydrogen) atoms. The van der Waals surface area contributed by atoms with Crippen molar-refractivity contribution >= 4 is 7.82 Å². The zero-order valence-corrected chi connectivity index (χ0v) is 16.1. The van der Waals surface area contributed by atoms with Crippen molar-refractivity contribution in [2.45, 2.75) is 71.3 Å². The van der Waals surface area contributed by atoms with Gasteiger partial charge in [0.15, 0.2) is 0 Å². The predicted octanol–water partition coefficient (Wildman–Crippen LogP) is 4.36. The highest BCUT2D eigenvalue weighted by Gasteiger charge is 2.25. The number of nitrogens with zero attached hydrogens (tertiary/aromatic N) is 1. The van der Waals surface area contributed by atoms with Crippen LogP contribution in [0.2, 0.25) is 0 Å². The first-order valence-corrected chi connectivity index (χ1v) is 10.1. The zero-order valence-electron chi connectivity index (χ0n) is 15.2. The number of rotatable bonds is 14. The van der Waals surface area contributed by atoms with E-state index in [0.717, 1.165) is 19.3 Å². The fraction of sp³-hybridized carbons (Fsp3) is 1.00. The van der Waals surface area contributed by atoms with Gasteiger partial charge in [0.2, 0.25) is 0 Å². The first-order chi connectivity index (χ1) is 10.2. The van der Waals surface area contributed by atoms with Gasteiger partial charge in [0.1, 0.15) is 13.2 Å². The summed E-state index contributed by atoms with van der Waals surface area (Å²) < 4.78 is 22.7. The number of phosphoric acid groups is 1. The third-order valence-electron chi connectivity index (χ3n) is 3.54. The lowest BCUT2D eigenvalue weighted by molar-refractivity contribution is -0.870. The van der Waals surface area contributed by atoms with Gasteiger partial charge in [-0.15, -0.1) is 0 Å². The molecule has 0 fully saturated rings. The van der Waals surface area contributed by atoms with Crippen LogP contribution in [0.25, 0.3) is 0 Å². The first-order valence-electron chi connectivity index (χ1n) is 8.62. The second kappa shape index (κ2) is 11.6. The average molecular weight is 338 g/mol. The lowest BCUT2D eigenvalue weighted by Gasteiger charge is -2.24. The Balaban J connectivity index is 3.71. The van der Waals surface area contributed by atoms with E-state index < -0.39 is 7.82 Å². The van der Waals surface area contributed by atoms with E-state index in [1.165, 1.54) is 32.1 Å². The maximum atomic E-state index is 11.8. The Hall–Kier alpha value is 0.0700. The van der Waals surface area contributed by atoms with Gasteiger partial charge in [-0.3, -0.25) is 9.05 Å². The molecule has 134 valence electrons. The Bertz CT molecular complexity index is 318. The van der Waals surface area contributed by atoms with Crippen LogP contribution < -0.4 is 0 Å². The molecular formula is C16H37NO4P+. The predicted molar refractivity (Wildman–Crippen MR) is 91.8 cm³/mol. The van der Waals surface area contributed by atoms with Gasteiger partial charge in [-0.25, -0.2) is 4.57 Å². The summed E-state index contributed by atoms with van der Waals surface area (Å²) in [6.07, 6.45) is 9.19. The fourth-order valence-electron chi connectivity index (χ4n) is 2.13. The summed E-state index contributed by atoms with van der Waals surface area (Å²) >= 11 is 0. The van der Waals surface area contributed by atoms with Crippen molar-refractivity contribution in [1.82, 2.24) is 0 Å². The molecule has 0 spiro atoms. The molecule has 0 aromatic heterocycles. The van der Waals surface area contributed by atoms with Crippen LogP contribution >= 0.6 is 7.82 Å². The first kappa shape index (κ1) is 22.1. The number of phosphoric ester groups is 1. The van der Waals surface area contributed by atoms with Gasteiger partial charge in [0.05, 0.1) is 27.2 Å². The van der Waals surface area contributed by atoms with Crippen LogP contribution in [0.4, 0.5) is 0 Å². The molecule has 2 unspecified atom stereocenters.